The Morgan fingerprint density at radius 3 is 2.37 bits per heavy atom. The number of nitrogens with one attached hydrogen (secondary N) is 1. The average molecular weight is 261 g/mol. The molecule has 0 amide bonds. The number of hydrogen-bond acceptors (Lipinski definition) is 1. The lowest BCUT2D eigenvalue weighted by molar-refractivity contribution is 0.590. The average Bonchev–Trinajstić information content (AvgIpc) is 2.36. The van der Waals surface area contributed by atoms with Gasteiger partial charge in [-0.15, -0.1) is 0 Å². The highest BCUT2D eigenvalue weighted by Crippen LogP contribution is 2.22. The predicted molar refractivity (Wildman–Crippen MR) is 83.4 cm³/mol. The number of rotatable bonds is 5. The van der Waals surface area contributed by atoms with Crippen molar-refractivity contribution in [3.63, 3.8) is 0 Å². The number of benzene rings is 1. The minimum atomic E-state index is 0.197. The lowest BCUT2D eigenvalue weighted by atomic mass is 9.87. The van der Waals surface area contributed by atoms with Crippen LogP contribution in [0.2, 0.25) is 0 Å². The van der Waals surface area contributed by atoms with Gasteiger partial charge >= 0.3 is 0 Å². The van der Waals surface area contributed by atoms with Crippen molar-refractivity contribution in [2.45, 2.75) is 52.5 Å². The van der Waals surface area contributed by atoms with Crippen LogP contribution in [-0.2, 0) is 12.0 Å². The van der Waals surface area contributed by atoms with Crippen LogP contribution in [-0.4, -0.2) is 12.5 Å². The van der Waals surface area contributed by atoms with Crippen LogP contribution in [0.15, 0.2) is 29.3 Å². The van der Waals surface area contributed by atoms with E-state index >= 15 is 0 Å². The van der Waals surface area contributed by atoms with E-state index in [1.165, 1.54) is 11.1 Å². The molecule has 0 aliphatic carbocycles. The van der Waals surface area contributed by atoms with Crippen molar-refractivity contribution in [1.29, 1.82) is 0 Å². The second-order valence-electron chi connectivity index (χ2n) is 5.93. The second kappa shape index (κ2) is 7.17. The van der Waals surface area contributed by atoms with Gasteiger partial charge in [-0.2, -0.15) is 0 Å². The molecule has 0 radical (unpaired) electrons. The first kappa shape index (κ1) is 15.5. The van der Waals surface area contributed by atoms with Gasteiger partial charge in [0.25, 0.3) is 0 Å². The third kappa shape index (κ3) is 5.77. The Bertz CT molecular complexity index is 399. The number of unbranched alkanes of at least 4 members (excludes halogenated alkanes) is 1. The van der Waals surface area contributed by atoms with Gasteiger partial charge in [0, 0.05) is 6.54 Å². The summed E-state index contributed by atoms with van der Waals surface area (Å²) in [5.74, 6) is 0.536. The Hall–Kier alpha value is -1.51. The Labute approximate surface area is 117 Å². The van der Waals surface area contributed by atoms with Crippen LogP contribution < -0.4 is 11.1 Å². The fourth-order valence-electron chi connectivity index (χ4n) is 1.74. The maximum atomic E-state index is 5.80. The van der Waals surface area contributed by atoms with Crippen LogP contribution >= 0.6 is 0 Å². The van der Waals surface area contributed by atoms with Crippen LogP contribution in [0.5, 0.6) is 0 Å². The highest BCUT2D eigenvalue weighted by Gasteiger charge is 2.12. The lowest BCUT2D eigenvalue weighted by Gasteiger charge is -2.18. The van der Waals surface area contributed by atoms with Gasteiger partial charge < -0.3 is 11.1 Å². The minimum Gasteiger partial charge on any atom is -0.370 e. The molecule has 0 saturated carbocycles. The highest BCUT2D eigenvalue weighted by atomic mass is 15.1. The first-order valence-corrected chi connectivity index (χ1v) is 7.06. The Morgan fingerprint density at radius 1 is 1.21 bits per heavy atom. The molecule has 0 bridgehead atoms. The van der Waals surface area contributed by atoms with E-state index < -0.39 is 0 Å². The van der Waals surface area contributed by atoms with Gasteiger partial charge in [-0.05, 0) is 23.0 Å². The quantitative estimate of drug-likeness (QED) is 0.486. The monoisotopic (exact) mass is 261 g/mol. The molecular formula is C16H27N3. The fourth-order valence-corrected chi connectivity index (χ4v) is 1.74. The maximum absolute atomic E-state index is 5.80. The van der Waals surface area contributed by atoms with Gasteiger partial charge in [0.15, 0.2) is 5.96 Å². The second-order valence-corrected chi connectivity index (χ2v) is 5.93. The third-order valence-corrected chi connectivity index (χ3v) is 3.09. The highest BCUT2D eigenvalue weighted by molar-refractivity contribution is 5.77. The summed E-state index contributed by atoms with van der Waals surface area (Å²) in [5.41, 5.74) is 8.53. The first-order chi connectivity index (χ1) is 8.93. The molecule has 0 aliphatic heterocycles. The van der Waals surface area contributed by atoms with E-state index in [1.54, 1.807) is 0 Å². The fraction of sp³-hybridized carbons (Fsp3) is 0.562. The van der Waals surface area contributed by atoms with Crippen LogP contribution in [0.1, 0.15) is 51.7 Å². The van der Waals surface area contributed by atoms with Gasteiger partial charge in [0.1, 0.15) is 0 Å². The van der Waals surface area contributed by atoms with Gasteiger partial charge in [-0.1, -0.05) is 58.4 Å². The molecule has 19 heavy (non-hydrogen) atoms. The van der Waals surface area contributed by atoms with E-state index in [-0.39, 0.29) is 5.41 Å². The number of aliphatic imine (C=N–C) groups is 1. The normalized spacial score (nSPS) is 12.5. The maximum Gasteiger partial charge on any atom is 0.188 e. The van der Waals surface area contributed by atoms with Crippen molar-refractivity contribution in [1.82, 2.24) is 5.32 Å². The molecule has 1 rings (SSSR count). The molecule has 3 heteroatoms. The smallest absolute Gasteiger partial charge is 0.188 e. The van der Waals surface area contributed by atoms with Crippen molar-refractivity contribution < 1.29 is 0 Å². The molecule has 0 fully saturated rings. The molecule has 0 atom stereocenters. The Balaban J connectivity index is 2.52. The number of nitrogens with zero attached hydrogens (tertiary/aromatic N) is 1. The first-order valence-electron chi connectivity index (χ1n) is 7.06. The van der Waals surface area contributed by atoms with Gasteiger partial charge in [-0.25, -0.2) is 4.99 Å². The number of guanidine groups is 1. The zero-order valence-electron chi connectivity index (χ0n) is 12.7. The number of hydrogen-bond donors (Lipinski definition) is 2. The molecule has 0 spiro atoms. The molecule has 1 aromatic rings. The zero-order chi connectivity index (χ0) is 14.3. The summed E-state index contributed by atoms with van der Waals surface area (Å²) in [4.78, 5) is 4.34. The predicted octanol–water partition coefficient (Wildman–Crippen LogP) is 3.19. The third-order valence-electron chi connectivity index (χ3n) is 3.09. The Morgan fingerprint density at radius 2 is 1.84 bits per heavy atom. The van der Waals surface area contributed by atoms with Gasteiger partial charge in [-0.3, -0.25) is 0 Å². The SMILES string of the molecule is CCCCNC(N)=NCc1ccc(C(C)(C)C)cc1. The summed E-state index contributed by atoms with van der Waals surface area (Å²) < 4.78 is 0. The molecule has 3 N–H and O–H groups in total. The molecule has 0 heterocycles. The summed E-state index contributed by atoms with van der Waals surface area (Å²) in [6, 6.07) is 8.60. The molecule has 0 aliphatic rings. The van der Waals surface area contributed by atoms with Crippen molar-refractivity contribution in [3.8, 4) is 0 Å². The van der Waals surface area contributed by atoms with Crippen molar-refractivity contribution >= 4 is 5.96 Å². The number of nitrogens with two attached hydrogens (primary N) is 1. The van der Waals surface area contributed by atoms with E-state index in [4.69, 9.17) is 5.73 Å². The van der Waals surface area contributed by atoms with Crippen molar-refractivity contribution in [2.24, 2.45) is 10.7 Å². The lowest BCUT2D eigenvalue weighted by Crippen LogP contribution is -2.32. The van der Waals surface area contributed by atoms with E-state index in [0.29, 0.717) is 12.5 Å². The summed E-state index contributed by atoms with van der Waals surface area (Å²) in [6.45, 7) is 10.3. The Kier molecular flexibility index (Phi) is 5.87. The topological polar surface area (TPSA) is 50.4 Å². The van der Waals surface area contributed by atoms with Crippen LogP contribution in [0.4, 0.5) is 0 Å². The summed E-state index contributed by atoms with van der Waals surface area (Å²) in [7, 11) is 0. The molecule has 3 nitrogen and oxygen atoms in total. The molecular weight excluding hydrogens is 234 g/mol. The van der Waals surface area contributed by atoms with Gasteiger partial charge in [0.2, 0.25) is 0 Å². The van der Waals surface area contributed by atoms with Crippen molar-refractivity contribution in [3.05, 3.63) is 35.4 Å². The molecule has 0 unspecified atom stereocenters. The van der Waals surface area contributed by atoms with E-state index in [2.05, 4.69) is 62.3 Å². The molecule has 0 aromatic heterocycles. The molecule has 0 saturated heterocycles. The molecule has 1 aromatic carbocycles. The van der Waals surface area contributed by atoms with Crippen molar-refractivity contribution in [2.75, 3.05) is 6.54 Å². The summed E-state index contributed by atoms with van der Waals surface area (Å²) >= 11 is 0. The zero-order valence-corrected chi connectivity index (χ0v) is 12.7. The standard InChI is InChI=1S/C16H27N3/c1-5-6-11-18-15(17)19-12-13-7-9-14(10-8-13)16(2,3)4/h7-10H,5-6,11-12H2,1-4H3,(H3,17,18,19). The molecule has 106 valence electrons. The summed E-state index contributed by atoms with van der Waals surface area (Å²) in [6.07, 6.45) is 2.28. The summed E-state index contributed by atoms with van der Waals surface area (Å²) in [5, 5.41) is 3.12. The van der Waals surface area contributed by atoms with E-state index in [9.17, 15) is 0 Å². The van der Waals surface area contributed by atoms with E-state index in [0.717, 1.165) is 19.4 Å². The van der Waals surface area contributed by atoms with Crippen LogP contribution in [0, 0.1) is 0 Å². The van der Waals surface area contributed by atoms with Crippen LogP contribution in [0.3, 0.4) is 0 Å². The van der Waals surface area contributed by atoms with Crippen LogP contribution in [0.25, 0.3) is 0 Å². The largest absolute Gasteiger partial charge is 0.370 e. The minimum absolute atomic E-state index is 0.197. The van der Waals surface area contributed by atoms with Gasteiger partial charge in [0.05, 0.1) is 6.54 Å². The van der Waals surface area contributed by atoms with E-state index in [1.807, 2.05) is 0 Å².